The summed E-state index contributed by atoms with van der Waals surface area (Å²) in [5.74, 6) is 0.220. The Hall–Kier alpha value is -1.14. The van der Waals surface area contributed by atoms with E-state index in [9.17, 15) is 8.78 Å². The molecule has 88 valence electrons. The summed E-state index contributed by atoms with van der Waals surface area (Å²) < 4.78 is 28.8. The van der Waals surface area contributed by atoms with Gasteiger partial charge in [0.05, 0.1) is 5.69 Å². The number of rotatable bonds is 4. The van der Waals surface area contributed by atoms with Gasteiger partial charge in [-0.3, -0.25) is 0 Å². The Balaban J connectivity index is 2.84. The van der Waals surface area contributed by atoms with Crippen LogP contribution in [0.5, 0.6) is 5.75 Å². The third-order valence-corrected chi connectivity index (χ3v) is 1.90. The Morgan fingerprint density at radius 3 is 2.81 bits per heavy atom. The number of ether oxygens (including phenoxy) is 1. The van der Waals surface area contributed by atoms with Gasteiger partial charge >= 0.3 is 0 Å². The van der Waals surface area contributed by atoms with Crippen molar-refractivity contribution < 1.29 is 13.5 Å². The van der Waals surface area contributed by atoms with E-state index in [1.807, 2.05) is 0 Å². The number of nitrogens with two attached hydrogens (primary N) is 1. The number of halogens is 3. The zero-order valence-electron chi connectivity index (χ0n) is 8.04. The van der Waals surface area contributed by atoms with Crippen molar-refractivity contribution in [2.24, 2.45) is 5.73 Å². The zero-order valence-corrected chi connectivity index (χ0v) is 9.62. The Labute approximate surface area is 102 Å². The minimum atomic E-state index is -2.55. The van der Waals surface area contributed by atoms with Gasteiger partial charge in [0.15, 0.2) is 5.11 Å². The van der Waals surface area contributed by atoms with Gasteiger partial charge in [-0.2, -0.15) is 0 Å². The van der Waals surface area contributed by atoms with Crippen molar-refractivity contribution in [3.05, 3.63) is 23.2 Å². The largest absolute Gasteiger partial charge is 0.485 e. The summed E-state index contributed by atoms with van der Waals surface area (Å²) >= 11 is 10.4. The summed E-state index contributed by atoms with van der Waals surface area (Å²) in [6, 6.07) is 4.47. The number of hydrogen-bond acceptors (Lipinski definition) is 2. The first kappa shape index (κ1) is 12.9. The van der Waals surface area contributed by atoms with Gasteiger partial charge in [0.1, 0.15) is 12.4 Å². The Bertz CT molecular complexity index is 390. The number of anilines is 1. The number of nitrogens with one attached hydrogen (secondary N) is 1. The number of thiocarbonyl (C=S) groups is 1. The first-order valence-electron chi connectivity index (χ1n) is 4.26. The second kappa shape index (κ2) is 5.81. The summed E-state index contributed by atoms with van der Waals surface area (Å²) in [5.41, 5.74) is 5.63. The van der Waals surface area contributed by atoms with Crippen LogP contribution in [-0.4, -0.2) is 18.1 Å². The van der Waals surface area contributed by atoms with Crippen LogP contribution in [0, 0.1) is 0 Å². The SMILES string of the molecule is NC(=S)Nc1cc(Cl)ccc1OCC(F)F. The summed E-state index contributed by atoms with van der Waals surface area (Å²) in [7, 11) is 0. The molecule has 0 radical (unpaired) electrons. The van der Waals surface area contributed by atoms with Gasteiger partial charge < -0.3 is 15.8 Å². The second-order valence-electron chi connectivity index (χ2n) is 2.83. The molecule has 0 fully saturated rings. The molecule has 0 bridgehead atoms. The van der Waals surface area contributed by atoms with Crippen LogP contribution in [0.2, 0.25) is 5.02 Å². The van der Waals surface area contributed by atoms with E-state index in [0.717, 1.165) is 0 Å². The van der Waals surface area contributed by atoms with E-state index >= 15 is 0 Å². The molecule has 0 atom stereocenters. The van der Waals surface area contributed by atoms with E-state index < -0.39 is 13.0 Å². The molecule has 0 heterocycles. The van der Waals surface area contributed by atoms with Crippen molar-refractivity contribution >= 4 is 34.6 Å². The maximum absolute atomic E-state index is 12.0. The maximum Gasteiger partial charge on any atom is 0.272 e. The fourth-order valence-corrected chi connectivity index (χ4v) is 1.29. The fraction of sp³-hybridized carbons (Fsp3) is 0.222. The van der Waals surface area contributed by atoms with Crippen LogP contribution in [0.15, 0.2) is 18.2 Å². The third kappa shape index (κ3) is 4.16. The molecule has 7 heteroatoms. The molecule has 1 rings (SSSR count). The highest BCUT2D eigenvalue weighted by Gasteiger charge is 2.08. The van der Waals surface area contributed by atoms with Gasteiger partial charge in [-0.1, -0.05) is 11.6 Å². The molecule has 0 unspecified atom stereocenters. The van der Waals surface area contributed by atoms with Crippen LogP contribution in [0.1, 0.15) is 0 Å². The van der Waals surface area contributed by atoms with E-state index in [1.165, 1.54) is 18.2 Å². The molecule has 0 amide bonds. The normalized spacial score (nSPS) is 10.2. The third-order valence-electron chi connectivity index (χ3n) is 1.56. The summed E-state index contributed by atoms with van der Waals surface area (Å²) in [6.07, 6.45) is -2.55. The monoisotopic (exact) mass is 266 g/mol. The molecule has 0 aliphatic rings. The number of benzene rings is 1. The van der Waals surface area contributed by atoms with Crippen molar-refractivity contribution in [3.63, 3.8) is 0 Å². The summed E-state index contributed by atoms with van der Waals surface area (Å²) in [5, 5.41) is 3.02. The molecule has 3 N–H and O–H groups in total. The second-order valence-corrected chi connectivity index (χ2v) is 3.71. The average Bonchev–Trinajstić information content (AvgIpc) is 2.15. The highest BCUT2D eigenvalue weighted by atomic mass is 35.5. The van der Waals surface area contributed by atoms with Gasteiger partial charge in [0.2, 0.25) is 0 Å². The lowest BCUT2D eigenvalue weighted by molar-refractivity contribution is 0.0823. The molecule has 1 aromatic carbocycles. The van der Waals surface area contributed by atoms with E-state index in [2.05, 4.69) is 17.5 Å². The molecular weight excluding hydrogens is 258 g/mol. The first-order chi connectivity index (χ1) is 7.49. The van der Waals surface area contributed by atoms with Crippen LogP contribution in [-0.2, 0) is 0 Å². The van der Waals surface area contributed by atoms with Crippen LogP contribution in [0.3, 0.4) is 0 Å². The molecule has 0 saturated heterocycles. The average molecular weight is 267 g/mol. The number of hydrogen-bond donors (Lipinski definition) is 2. The lowest BCUT2D eigenvalue weighted by atomic mass is 10.3. The predicted octanol–water partition coefficient (Wildman–Crippen LogP) is 2.64. The fourth-order valence-electron chi connectivity index (χ4n) is 1.01. The lowest BCUT2D eigenvalue weighted by Gasteiger charge is -2.12. The molecule has 0 aliphatic carbocycles. The van der Waals surface area contributed by atoms with Crippen LogP contribution in [0.25, 0.3) is 0 Å². The lowest BCUT2D eigenvalue weighted by Crippen LogP contribution is -2.20. The van der Waals surface area contributed by atoms with Gasteiger partial charge in [-0.15, -0.1) is 0 Å². The Kier molecular flexibility index (Phi) is 4.70. The predicted molar refractivity (Wildman–Crippen MR) is 63.4 cm³/mol. The van der Waals surface area contributed by atoms with Crippen molar-refractivity contribution in [3.8, 4) is 5.75 Å². The molecule has 0 saturated carbocycles. The topological polar surface area (TPSA) is 47.3 Å². The van der Waals surface area contributed by atoms with Crippen LogP contribution >= 0.6 is 23.8 Å². The Morgan fingerprint density at radius 1 is 1.56 bits per heavy atom. The highest BCUT2D eigenvalue weighted by molar-refractivity contribution is 7.80. The van der Waals surface area contributed by atoms with E-state index in [1.54, 1.807) is 0 Å². The first-order valence-corrected chi connectivity index (χ1v) is 5.04. The van der Waals surface area contributed by atoms with Gasteiger partial charge in [0.25, 0.3) is 6.43 Å². The molecule has 1 aromatic rings. The smallest absolute Gasteiger partial charge is 0.272 e. The summed E-state index contributed by atoms with van der Waals surface area (Å²) in [6.45, 7) is -0.701. The van der Waals surface area contributed by atoms with E-state index in [4.69, 9.17) is 22.1 Å². The molecular formula is C9H9ClF2N2OS. The van der Waals surface area contributed by atoms with Crippen molar-refractivity contribution in [1.82, 2.24) is 0 Å². The highest BCUT2D eigenvalue weighted by Crippen LogP contribution is 2.28. The number of alkyl halides is 2. The van der Waals surface area contributed by atoms with Crippen LogP contribution in [0.4, 0.5) is 14.5 Å². The Morgan fingerprint density at radius 2 is 2.25 bits per heavy atom. The van der Waals surface area contributed by atoms with Crippen molar-refractivity contribution in [1.29, 1.82) is 0 Å². The molecule has 0 aromatic heterocycles. The molecule has 0 aliphatic heterocycles. The van der Waals surface area contributed by atoms with E-state index in [0.29, 0.717) is 10.7 Å². The molecule has 16 heavy (non-hydrogen) atoms. The molecule has 3 nitrogen and oxygen atoms in total. The van der Waals surface area contributed by atoms with Gasteiger partial charge in [-0.25, -0.2) is 8.78 Å². The van der Waals surface area contributed by atoms with Crippen LogP contribution < -0.4 is 15.8 Å². The minimum absolute atomic E-state index is 0.00386. The van der Waals surface area contributed by atoms with Gasteiger partial charge in [0, 0.05) is 5.02 Å². The van der Waals surface area contributed by atoms with Crippen molar-refractivity contribution in [2.75, 3.05) is 11.9 Å². The minimum Gasteiger partial charge on any atom is -0.485 e. The standard InChI is InChI=1S/C9H9ClF2N2OS/c10-5-1-2-7(15-4-8(11)12)6(3-5)14-9(13)16/h1-3,8H,4H2,(H3,13,14,16). The molecule has 0 spiro atoms. The van der Waals surface area contributed by atoms with Gasteiger partial charge in [-0.05, 0) is 30.4 Å². The quantitative estimate of drug-likeness (QED) is 0.823. The zero-order chi connectivity index (χ0) is 12.1. The maximum atomic E-state index is 12.0. The van der Waals surface area contributed by atoms with E-state index in [-0.39, 0.29) is 10.9 Å². The van der Waals surface area contributed by atoms with Crippen molar-refractivity contribution in [2.45, 2.75) is 6.43 Å². The summed E-state index contributed by atoms with van der Waals surface area (Å²) in [4.78, 5) is 0.